The maximum atomic E-state index is 13.9. The first-order chi connectivity index (χ1) is 13.1. The monoisotopic (exact) mass is 371 g/mol. The van der Waals surface area contributed by atoms with Crippen molar-refractivity contribution in [2.75, 3.05) is 25.1 Å². The molecule has 2 aromatic carbocycles. The van der Waals surface area contributed by atoms with Crippen LogP contribution in [0, 0.1) is 5.82 Å². The summed E-state index contributed by atoms with van der Waals surface area (Å²) in [6.07, 6.45) is 2.07. The predicted molar refractivity (Wildman–Crippen MR) is 99.3 cm³/mol. The smallest absolute Gasteiger partial charge is 0.243 e. The highest BCUT2D eigenvalue weighted by atomic mass is 19.1. The van der Waals surface area contributed by atoms with Gasteiger partial charge >= 0.3 is 0 Å². The maximum Gasteiger partial charge on any atom is 0.243 e. The molecule has 0 bridgehead atoms. The van der Waals surface area contributed by atoms with Crippen LogP contribution in [0.2, 0.25) is 0 Å². The van der Waals surface area contributed by atoms with Crippen LogP contribution in [0.1, 0.15) is 36.2 Å². The number of nitrogens with zero attached hydrogens (tertiary/aromatic N) is 1. The van der Waals surface area contributed by atoms with Gasteiger partial charge in [-0.25, -0.2) is 4.39 Å². The van der Waals surface area contributed by atoms with Gasteiger partial charge in [-0.2, -0.15) is 0 Å². The van der Waals surface area contributed by atoms with Gasteiger partial charge in [0.15, 0.2) is 17.3 Å². The first kappa shape index (κ1) is 17.6. The van der Waals surface area contributed by atoms with Crippen LogP contribution < -0.4 is 20.3 Å². The number of amides is 1. The molecule has 7 heteroatoms. The number of hydrogen-bond donors (Lipinski definition) is 3. The number of phenolic OH excluding ortho intramolecular Hbond substituents is 1. The van der Waals surface area contributed by atoms with Crippen molar-refractivity contribution in [3.8, 4) is 11.5 Å². The van der Waals surface area contributed by atoms with Crippen LogP contribution >= 0.6 is 0 Å². The van der Waals surface area contributed by atoms with Crippen molar-refractivity contribution in [3.63, 3.8) is 0 Å². The zero-order valence-corrected chi connectivity index (χ0v) is 15.0. The standard InChI is InChI=1S/C20H22FN3O3/c1-27-16-11-13(10-15(21)18(16)25)17-20(26)23-19(22-17)12-4-6-14(7-5-12)24-8-2-3-9-24/h4-7,10-11,17,19,22,25H,2-3,8-9H2,1H3,(H,23,26). The van der Waals surface area contributed by atoms with E-state index in [1.54, 1.807) is 0 Å². The summed E-state index contributed by atoms with van der Waals surface area (Å²) in [4.78, 5) is 14.8. The zero-order chi connectivity index (χ0) is 19.0. The molecule has 6 nitrogen and oxygen atoms in total. The summed E-state index contributed by atoms with van der Waals surface area (Å²) in [5.74, 6) is -1.64. The Balaban J connectivity index is 1.53. The van der Waals surface area contributed by atoms with E-state index >= 15 is 0 Å². The van der Waals surface area contributed by atoms with Crippen molar-refractivity contribution in [1.29, 1.82) is 0 Å². The van der Waals surface area contributed by atoms with Crippen molar-refractivity contribution >= 4 is 11.6 Å². The summed E-state index contributed by atoms with van der Waals surface area (Å²) in [7, 11) is 1.34. The maximum absolute atomic E-state index is 13.9. The van der Waals surface area contributed by atoms with E-state index in [0.717, 1.165) is 24.7 Å². The third kappa shape index (κ3) is 3.30. The average molecular weight is 371 g/mol. The number of aromatic hydroxyl groups is 1. The van der Waals surface area contributed by atoms with Crippen molar-refractivity contribution in [1.82, 2.24) is 10.6 Å². The molecule has 2 atom stereocenters. The number of carbonyl (C=O) groups is 1. The first-order valence-electron chi connectivity index (χ1n) is 9.04. The molecule has 2 heterocycles. The number of anilines is 1. The van der Waals surface area contributed by atoms with Crippen molar-refractivity contribution in [3.05, 3.63) is 53.3 Å². The summed E-state index contributed by atoms with van der Waals surface area (Å²) in [6.45, 7) is 2.15. The number of nitrogens with one attached hydrogen (secondary N) is 2. The van der Waals surface area contributed by atoms with Gasteiger partial charge in [0.2, 0.25) is 5.91 Å². The van der Waals surface area contributed by atoms with E-state index in [1.807, 2.05) is 12.1 Å². The fourth-order valence-corrected chi connectivity index (χ4v) is 3.71. The second-order valence-electron chi connectivity index (χ2n) is 6.88. The molecule has 2 aliphatic heterocycles. The molecular formula is C20H22FN3O3. The summed E-state index contributed by atoms with van der Waals surface area (Å²) >= 11 is 0. The third-order valence-corrected chi connectivity index (χ3v) is 5.18. The molecule has 4 rings (SSSR count). The number of carbonyl (C=O) groups excluding carboxylic acids is 1. The van der Waals surface area contributed by atoms with Gasteiger partial charge < -0.3 is 20.1 Å². The molecule has 0 aromatic heterocycles. The minimum absolute atomic E-state index is 0.00184. The largest absolute Gasteiger partial charge is 0.502 e. The van der Waals surface area contributed by atoms with E-state index in [2.05, 4.69) is 27.7 Å². The van der Waals surface area contributed by atoms with Gasteiger partial charge in [-0.1, -0.05) is 12.1 Å². The quantitative estimate of drug-likeness (QED) is 0.770. The van der Waals surface area contributed by atoms with Gasteiger partial charge in [0.25, 0.3) is 0 Å². The SMILES string of the molecule is COc1cc(C2NC(c3ccc(N4CCCC4)cc3)NC2=O)cc(F)c1O. The van der Waals surface area contributed by atoms with Crippen LogP contribution in [-0.2, 0) is 4.79 Å². The zero-order valence-electron chi connectivity index (χ0n) is 15.0. The highest BCUT2D eigenvalue weighted by Gasteiger charge is 2.34. The lowest BCUT2D eigenvalue weighted by Crippen LogP contribution is -2.23. The first-order valence-corrected chi connectivity index (χ1v) is 9.04. The lowest BCUT2D eigenvalue weighted by atomic mass is 10.1. The Bertz CT molecular complexity index is 850. The molecule has 0 aliphatic carbocycles. The van der Waals surface area contributed by atoms with Crippen LogP contribution in [0.25, 0.3) is 0 Å². The molecule has 1 amide bonds. The van der Waals surface area contributed by atoms with Crippen LogP contribution in [-0.4, -0.2) is 31.2 Å². The fourth-order valence-electron chi connectivity index (χ4n) is 3.71. The lowest BCUT2D eigenvalue weighted by molar-refractivity contribution is -0.120. The Morgan fingerprint density at radius 3 is 2.52 bits per heavy atom. The molecule has 2 aromatic rings. The summed E-state index contributed by atoms with van der Waals surface area (Å²) in [6, 6.07) is 9.99. The van der Waals surface area contributed by atoms with Crippen LogP contribution in [0.4, 0.5) is 10.1 Å². The van der Waals surface area contributed by atoms with Gasteiger partial charge in [-0.05, 0) is 48.2 Å². The number of ether oxygens (including phenoxy) is 1. The Labute approximate surface area is 156 Å². The van der Waals surface area contributed by atoms with E-state index in [4.69, 9.17) is 4.74 Å². The van der Waals surface area contributed by atoms with Gasteiger partial charge in [0, 0.05) is 18.8 Å². The number of benzene rings is 2. The normalized spacial score (nSPS) is 22.1. The molecule has 0 radical (unpaired) electrons. The number of methoxy groups -OCH3 is 1. The summed E-state index contributed by atoms with van der Waals surface area (Å²) < 4.78 is 18.9. The molecule has 2 unspecified atom stereocenters. The predicted octanol–water partition coefficient (Wildman–Crippen LogP) is 2.60. The fraction of sp³-hybridized carbons (Fsp3) is 0.350. The second kappa shape index (κ2) is 7.08. The topological polar surface area (TPSA) is 73.8 Å². The summed E-state index contributed by atoms with van der Waals surface area (Å²) in [5, 5.41) is 15.7. The molecule has 2 aliphatic rings. The summed E-state index contributed by atoms with van der Waals surface area (Å²) in [5.41, 5.74) is 2.51. The van der Waals surface area contributed by atoms with E-state index in [-0.39, 0.29) is 17.8 Å². The van der Waals surface area contributed by atoms with Gasteiger partial charge in [-0.15, -0.1) is 0 Å². The van der Waals surface area contributed by atoms with Crippen molar-refractivity contribution in [2.45, 2.75) is 25.0 Å². The van der Waals surface area contributed by atoms with Gasteiger partial charge in [0.05, 0.1) is 7.11 Å². The number of phenols is 1. The molecule has 2 saturated heterocycles. The molecule has 0 spiro atoms. The lowest BCUT2D eigenvalue weighted by Gasteiger charge is -2.19. The van der Waals surface area contributed by atoms with E-state index in [9.17, 15) is 14.3 Å². The molecule has 142 valence electrons. The van der Waals surface area contributed by atoms with Crippen molar-refractivity contribution < 1.29 is 19.0 Å². The van der Waals surface area contributed by atoms with E-state index < -0.39 is 17.6 Å². The van der Waals surface area contributed by atoms with Gasteiger partial charge in [0.1, 0.15) is 12.2 Å². The van der Waals surface area contributed by atoms with Crippen LogP contribution in [0.5, 0.6) is 11.5 Å². The van der Waals surface area contributed by atoms with E-state index in [0.29, 0.717) is 5.56 Å². The minimum Gasteiger partial charge on any atom is -0.502 e. The minimum atomic E-state index is -0.822. The Morgan fingerprint density at radius 2 is 1.85 bits per heavy atom. The molecule has 27 heavy (non-hydrogen) atoms. The van der Waals surface area contributed by atoms with E-state index in [1.165, 1.54) is 31.7 Å². The Morgan fingerprint density at radius 1 is 1.15 bits per heavy atom. The average Bonchev–Trinajstić information content (AvgIpc) is 3.34. The van der Waals surface area contributed by atoms with Crippen LogP contribution in [0.3, 0.4) is 0 Å². The van der Waals surface area contributed by atoms with Gasteiger partial charge in [-0.3, -0.25) is 10.1 Å². The Kier molecular flexibility index (Phi) is 4.61. The Hall–Kier alpha value is -2.80. The highest BCUT2D eigenvalue weighted by molar-refractivity contribution is 5.86. The number of halogens is 1. The number of rotatable bonds is 4. The molecule has 2 fully saturated rings. The third-order valence-electron chi connectivity index (χ3n) is 5.18. The molecule has 3 N–H and O–H groups in total. The number of hydrogen-bond acceptors (Lipinski definition) is 5. The van der Waals surface area contributed by atoms with Crippen molar-refractivity contribution in [2.24, 2.45) is 0 Å². The van der Waals surface area contributed by atoms with Crippen LogP contribution in [0.15, 0.2) is 36.4 Å². The molecule has 0 saturated carbocycles. The highest BCUT2D eigenvalue weighted by Crippen LogP contribution is 2.34. The molecular weight excluding hydrogens is 349 g/mol. The second-order valence-corrected chi connectivity index (χ2v) is 6.88.